The molecule has 1 aromatic heterocycles. The number of aryl methyl sites for hydroxylation is 1. The minimum atomic E-state index is -0.518. The van der Waals surface area contributed by atoms with Crippen LogP contribution >= 0.6 is 34.5 Å². The Morgan fingerprint density at radius 1 is 1.15 bits per heavy atom. The van der Waals surface area contributed by atoms with E-state index >= 15 is 0 Å². The highest BCUT2D eigenvalue weighted by Gasteiger charge is 2.15. The van der Waals surface area contributed by atoms with Crippen LogP contribution in [0.5, 0.6) is 0 Å². The average Bonchev–Trinajstić information content (AvgIpc) is 2.97. The van der Waals surface area contributed by atoms with E-state index in [9.17, 15) is 14.9 Å². The molecule has 2 aromatic carbocycles. The maximum absolute atomic E-state index is 12.3. The number of hydrogen-bond donors (Lipinski definition) is 1. The number of rotatable bonds is 4. The lowest BCUT2D eigenvalue weighted by atomic mass is 10.1. The second-order valence-corrected chi connectivity index (χ2v) is 7.33. The van der Waals surface area contributed by atoms with Gasteiger partial charge in [0.05, 0.1) is 20.7 Å². The zero-order valence-electron chi connectivity index (χ0n) is 13.3. The van der Waals surface area contributed by atoms with Crippen LogP contribution in [0, 0.1) is 17.0 Å². The van der Waals surface area contributed by atoms with Gasteiger partial charge in [-0.2, -0.15) is 0 Å². The molecule has 26 heavy (non-hydrogen) atoms. The summed E-state index contributed by atoms with van der Waals surface area (Å²) in [5.41, 5.74) is 1.73. The first-order chi connectivity index (χ1) is 12.3. The molecular weight excluding hydrogens is 397 g/mol. The average molecular weight is 408 g/mol. The zero-order valence-corrected chi connectivity index (χ0v) is 15.7. The molecule has 9 heteroatoms. The van der Waals surface area contributed by atoms with Crippen LogP contribution in [0.1, 0.15) is 15.2 Å². The molecule has 0 saturated carbocycles. The van der Waals surface area contributed by atoms with Crippen LogP contribution in [0.15, 0.2) is 42.5 Å². The van der Waals surface area contributed by atoms with Gasteiger partial charge >= 0.3 is 0 Å². The summed E-state index contributed by atoms with van der Waals surface area (Å²) in [6.07, 6.45) is 0. The first kappa shape index (κ1) is 18.3. The molecule has 6 nitrogen and oxygen atoms in total. The predicted molar refractivity (Wildman–Crippen MR) is 103 cm³/mol. The lowest BCUT2D eigenvalue weighted by Gasteiger charge is -2.02. The van der Waals surface area contributed by atoms with Crippen LogP contribution in [-0.4, -0.2) is 15.8 Å². The van der Waals surface area contributed by atoms with Gasteiger partial charge in [0, 0.05) is 28.1 Å². The predicted octanol–water partition coefficient (Wildman–Crippen LogP) is 5.59. The number of thiazole rings is 1. The third-order valence-electron chi connectivity index (χ3n) is 3.55. The molecule has 0 unspecified atom stereocenters. The van der Waals surface area contributed by atoms with Crippen molar-refractivity contribution in [2.24, 2.45) is 0 Å². The highest BCUT2D eigenvalue weighted by Crippen LogP contribution is 2.34. The molecule has 3 aromatic rings. The lowest BCUT2D eigenvalue weighted by Crippen LogP contribution is -2.11. The van der Waals surface area contributed by atoms with Crippen molar-refractivity contribution in [3.05, 3.63) is 73.1 Å². The summed E-state index contributed by atoms with van der Waals surface area (Å²) in [4.78, 5) is 27.8. The molecule has 0 aliphatic heterocycles. The van der Waals surface area contributed by atoms with Gasteiger partial charge in [0.1, 0.15) is 0 Å². The molecule has 3 rings (SSSR count). The summed E-state index contributed by atoms with van der Waals surface area (Å²) in [5.74, 6) is -0.394. The first-order valence-corrected chi connectivity index (χ1v) is 8.91. The fourth-order valence-electron chi connectivity index (χ4n) is 2.26. The van der Waals surface area contributed by atoms with Gasteiger partial charge in [-0.3, -0.25) is 20.2 Å². The maximum Gasteiger partial charge on any atom is 0.269 e. The monoisotopic (exact) mass is 407 g/mol. The van der Waals surface area contributed by atoms with Crippen LogP contribution in [0.2, 0.25) is 10.0 Å². The van der Waals surface area contributed by atoms with Crippen molar-refractivity contribution in [3.63, 3.8) is 0 Å². The van der Waals surface area contributed by atoms with Gasteiger partial charge in [-0.25, -0.2) is 4.98 Å². The minimum absolute atomic E-state index is 0.0754. The molecule has 0 saturated heterocycles. The van der Waals surface area contributed by atoms with Crippen LogP contribution in [-0.2, 0) is 0 Å². The molecule has 1 N–H and O–H groups in total. The molecule has 0 bridgehead atoms. The van der Waals surface area contributed by atoms with Crippen LogP contribution in [0.25, 0.3) is 11.3 Å². The largest absolute Gasteiger partial charge is 0.298 e. The van der Waals surface area contributed by atoms with Crippen molar-refractivity contribution in [3.8, 4) is 11.3 Å². The number of benzene rings is 2. The van der Waals surface area contributed by atoms with E-state index < -0.39 is 10.8 Å². The number of nitrogens with one attached hydrogen (secondary N) is 1. The molecule has 0 atom stereocenters. The molecule has 1 amide bonds. The second kappa shape index (κ2) is 7.41. The van der Waals surface area contributed by atoms with Crippen molar-refractivity contribution in [1.82, 2.24) is 4.98 Å². The van der Waals surface area contributed by atoms with Crippen molar-refractivity contribution in [2.45, 2.75) is 6.92 Å². The van der Waals surface area contributed by atoms with Gasteiger partial charge in [-0.05, 0) is 31.2 Å². The molecule has 0 radical (unpaired) electrons. The fraction of sp³-hybridized carbons (Fsp3) is 0.0588. The SMILES string of the molecule is Cc1sc(NC(=O)c2ccc([N+](=O)[O-])cc2)nc1-c1ccc(Cl)c(Cl)c1. The summed E-state index contributed by atoms with van der Waals surface area (Å²) in [5, 5.41) is 14.7. The quantitative estimate of drug-likeness (QED) is 0.451. The van der Waals surface area contributed by atoms with Gasteiger partial charge in [0.2, 0.25) is 0 Å². The van der Waals surface area contributed by atoms with Gasteiger partial charge in [-0.15, -0.1) is 11.3 Å². The normalized spacial score (nSPS) is 10.6. The Labute approximate surface area is 162 Å². The van der Waals surface area contributed by atoms with Crippen molar-refractivity contribution >= 4 is 51.3 Å². The smallest absolute Gasteiger partial charge is 0.269 e. The van der Waals surface area contributed by atoms with Crippen LogP contribution in [0.4, 0.5) is 10.8 Å². The number of nitro benzene ring substituents is 1. The standard InChI is InChI=1S/C17H11Cl2N3O3S/c1-9-15(11-4-7-13(18)14(19)8-11)20-17(26-9)21-16(23)10-2-5-12(6-3-10)22(24)25/h2-8H,1H3,(H,20,21,23). The Morgan fingerprint density at radius 2 is 1.85 bits per heavy atom. The van der Waals surface area contributed by atoms with Crippen molar-refractivity contribution in [2.75, 3.05) is 5.32 Å². The number of amides is 1. The van der Waals surface area contributed by atoms with E-state index in [1.807, 2.05) is 6.92 Å². The number of nitro groups is 1. The highest BCUT2D eigenvalue weighted by atomic mass is 35.5. The number of halogens is 2. The third-order valence-corrected chi connectivity index (χ3v) is 5.18. The molecule has 0 aliphatic rings. The van der Waals surface area contributed by atoms with E-state index in [1.54, 1.807) is 18.2 Å². The van der Waals surface area contributed by atoms with Crippen LogP contribution < -0.4 is 5.32 Å². The number of anilines is 1. The van der Waals surface area contributed by atoms with E-state index in [0.29, 0.717) is 26.4 Å². The second-order valence-electron chi connectivity index (χ2n) is 5.31. The number of nitrogens with zero attached hydrogens (tertiary/aromatic N) is 2. The van der Waals surface area contributed by atoms with Crippen LogP contribution in [0.3, 0.4) is 0 Å². The topological polar surface area (TPSA) is 85.1 Å². The summed E-state index contributed by atoms with van der Waals surface area (Å²) >= 11 is 13.3. The fourth-order valence-corrected chi connectivity index (χ4v) is 3.39. The zero-order chi connectivity index (χ0) is 18.8. The maximum atomic E-state index is 12.3. The van der Waals surface area contributed by atoms with E-state index in [-0.39, 0.29) is 5.69 Å². The van der Waals surface area contributed by atoms with Gasteiger partial charge in [0.15, 0.2) is 5.13 Å². The Bertz CT molecular complexity index is 1000. The Balaban J connectivity index is 1.81. The Kier molecular flexibility index (Phi) is 5.22. The molecular formula is C17H11Cl2N3O3S. The number of carbonyl (C=O) groups is 1. The molecule has 0 fully saturated rings. The lowest BCUT2D eigenvalue weighted by molar-refractivity contribution is -0.384. The molecule has 132 valence electrons. The summed E-state index contributed by atoms with van der Waals surface area (Å²) in [6.45, 7) is 1.89. The summed E-state index contributed by atoms with van der Waals surface area (Å²) < 4.78 is 0. The van der Waals surface area contributed by atoms with E-state index in [1.165, 1.54) is 35.6 Å². The number of non-ortho nitro benzene ring substituents is 1. The van der Waals surface area contributed by atoms with E-state index in [2.05, 4.69) is 10.3 Å². The molecule has 0 spiro atoms. The molecule has 0 aliphatic carbocycles. The molecule has 1 heterocycles. The highest BCUT2D eigenvalue weighted by molar-refractivity contribution is 7.16. The first-order valence-electron chi connectivity index (χ1n) is 7.34. The van der Waals surface area contributed by atoms with E-state index in [4.69, 9.17) is 23.2 Å². The number of carbonyl (C=O) groups excluding carboxylic acids is 1. The Morgan fingerprint density at radius 3 is 2.46 bits per heavy atom. The Hall–Kier alpha value is -2.48. The third kappa shape index (κ3) is 3.85. The van der Waals surface area contributed by atoms with Crippen molar-refractivity contribution < 1.29 is 9.72 Å². The van der Waals surface area contributed by atoms with Crippen molar-refractivity contribution in [1.29, 1.82) is 0 Å². The number of hydrogen-bond acceptors (Lipinski definition) is 5. The minimum Gasteiger partial charge on any atom is -0.298 e. The summed E-state index contributed by atoms with van der Waals surface area (Å²) in [7, 11) is 0. The van der Waals surface area contributed by atoms with Gasteiger partial charge < -0.3 is 0 Å². The van der Waals surface area contributed by atoms with Gasteiger partial charge in [0.25, 0.3) is 11.6 Å². The number of aromatic nitrogens is 1. The van der Waals surface area contributed by atoms with Gasteiger partial charge in [-0.1, -0.05) is 29.3 Å². The summed E-state index contributed by atoms with van der Waals surface area (Å²) in [6, 6.07) is 10.6. The van der Waals surface area contributed by atoms with E-state index in [0.717, 1.165) is 10.4 Å².